The van der Waals surface area contributed by atoms with Gasteiger partial charge in [0.25, 0.3) is 0 Å². The summed E-state index contributed by atoms with van der Waals surface area (Å²) >= 11 is 0. The van der Waals surface area contributed by atoms with Crippen LogP contribution in [0.3, 0.4) is 0 Å². The SMILES string of the molecule is C[C@@H](N)Cc1ccc(OCc2cn([C@H]3C[C@@H](C(=O)N[C@@H](Cc4ccc5ccccc5c4)C(=O)C[C@@H](Cc4ccc(OCc5cn(C6C[C@@H](C(=O)N[C@@H](Cc7ccc8ccccc8c7)C(=O)O)N(C(=O)[C@@H](NC(=O)[C@H](C)N(C)C(=O)OC(C)(C)C)C(C)(C)C)C6)nn5)cc4)C(=O)NS(=O)(=O)C4CC4)N(C(=O)[C@@H](NC(=O)[C@H](C)N(C)C(=O)OC(C)(C)C)C(C)(C)C)C3)nn2)cc1. The summed E-state index contributed by atoms with van der Waals surface area (Å²) in [5.74, 6) is -7.69. The van der Waals surface area contributed by atoms with Gasteiger partial charge in [0.1, 0.15) is 89.6 Å². The molecule has 2 aromatic heterocycles. The Morgan fingerprint density at radius 3 is 1.28 bits per heavy atom. The molecule has 34 nitrogen and oxygen atoms in total. The number of nitrogens with zero attached hydrogens (tertiary/aromatic N) is 10. The van der Waals surface area contributed by atoms with E-state index < -0.39 is 175 Å². The summed E-state index contributed by atoms with van der Waals surface area (Å²) in [6.45, 7) is 24.9. The van der Waals surface area contributed by atoms with Crippen molar-refractivity contribution in [1.29, 1.82) is 0 Å². The van der Waals surface area contributed by atoms with Crippen LogP contribution in [0.4, 0.5) is 9.59 Å². The zero-order chi connectivity index (χ0) is 94.1. The molecule has 0 radical (unpaired) electrons. The second-order valence-electron chi connectivity index (χ2n) is 38.4. The maximum Gasteiger partial charge on any atom is 0.410 e. The minimum Gasteiger partial charge on any atom is -0.487 e. The maximum absolute atomic E-state index is 15.7. The molecule has 9 amide bonds. The fraction of sp³-hybridized carbons (Fsp3) is 0.500. The Morgan fingerprint density at radius 2 is 0.891 bits per heavy atom. The van der Waals surface area contributed by atoms with Crippen LogP contribution in [0.15, 0.2) is 146 Å². The molecular weight excluding hydrogens is 1670 g/mol. The number of aliphatic carboxylic acids is 1. The van der Waals surface area contributed by atoms with Crippen molar-refractivity contribution in [1.82, 2.24) is 75.6 Å². The molecular formula is C94H122N16O18S. The monoisotopic (exact) mass is 1790 g/mol. The molecule has 35 heteroatoms. The number of nitrogens with one attached hydrogen (secondary N) is 5. The highest BCUT2D eigenvalue weighted by Crippen LogP contribution is 2.36. The maximum atomic E-state index is 15.7. The summed E-state index contributed by atoms with van der Waals surface area (Å²) in [5, 5.41) is 42.3. The number of carbonyl (C=O) groups excluding carboxylic acids is 10. The van der Waals surface area contributed by atoms with Crippen LogP contribution in [-0.2, 0) is 102 Å². The lowest BCUT2D eigenvalue weighted by Crippen LogP contribution is -2.60. The van der Waals surface area contributed by atoms with Gasteiger partial charge in [-0.15, -0.1) is 10.2 Å². The summed E-state index contributed by atoms with van der Waals surface area (Å²) in [5.41, 5.74) is 5.72. The fourth-order valence-electron chi connectivity index (χ4n) is 15.5. The van der Waals surface area contributed by atoms with Crippen molar-refractivity contribution in [2.75, 3.05) is 27.2 Å². The average molecular weight is 1800 g/mol. The largest absolute Gasteiger partial charge is 0.487 e. The number of amides is 9. The first kappa shape index (κ1) is 97.2. The summed E-state index contributed by atoms with van der Waals surface area (Å²) < 4.78 is 56.1. The van der Waals surface area contributed by atoms with Crippen LogP contribution in [0.25, 0.3) is 21.5 Å². The highest BCUT2D eigenvalue weighted by molar-refractivity contribution is 7.90. The molecule has 6 aromatic carbocycles. The van der Waals surface area contributed by atoms with Crippen LogP contribution < -0.4 is 41.2 Å². The summed E-state index contributed by atoms with van der Waals surface area (Å²) in [6.07, 6.45) is 1.81. The van der Waals surface area contributed by atoms with E-state index in [2.05, 4.69) is 46.6 Å². The molecule has 1 unspecified atom stereocenters. The first-order valence-corrected chi connectivity index (χ1v) is 45.1. The first-order chi connectivity index (χ1) is 60.5. The number of fused-ring (bicyclic) bond motifs is 2. The third-order valence-electron chi connectivity index (χ3n) is 23.2. The highest BCUT2D eigenvalue weighted by Gasteiger charge is 2.50. The molecule has 4 heterocycles. The van der Waals surface area contributed by atoms with Gasteiger partial charge in [0.05, 0.1) is 35.8 Å². The molecule has 8 N–H and O–H groups in total. The van der Waals surface area contributed by atoms with E-state index in [1.807, 2.05) is 110 Å². The quantitative estimate of drug-likeness (QED) is 0.0195. The lowest BCUT2D eigenvalue weighted by molar-refractivity contribution is -0.146. The second-order valence-corrected chi connectivity index (χ2v) is 40.3. The third-order valence-corrected chi connectivity index (χ3v) is 25.0. The number of ketones is 1. The standard InChI is InChI=1S/C94H122N16O18S/c1-55(95)40-58-28-34-71(35-29-58)125-53-67-49-109(103-100-67)69-47-76(107(51-69)86(117)79(91(4,5)6)98-81(112)56(2)105(16)89(121)127-93(10,11)12)84(115)96-74(44-60-26-32-62-22-18-20-24-64(62)42-60)78(111)46-66(83(114)102-129(123,124)73-38-39-73)41-59-30-36-72(37-31-59)126-54-68-50-110(104-101-68)70-48-77(85(116)97-75(88(119)120)45-61-27-33-63-23-19-21-25-65(63)43-61)108(52-70)87(118)80(92(7,8)9)99-82(113)57(3)106(17)90(122)128-94(13,14)15/h18-37,42-43,49-50,55-57,66,69-70,73-77,79-80H,38-41,44-48,51-54,95H2,1-17H3,(H,96,115)(H,97,116)(H,98,112)(H,99,113)(H,102,114)(H,119,120)/t55-,56+,57+,66-,69+,70?,74+,75+,76+,77+,79-,80-/m1/s1. The van der Waals surface area contributed by atoms with Crippen LogP contribution in [0.2, 0.25) is 0 Å². The van der Waals surface area contributed by atoms with Crippen molar-refractivity contribution < 1.29 is 85.2 Å². The Bertz CT molecular complexity index is 5530. The van der Waals surface area contributed by atoms with E-state index in [9.17, 15) is 47.1 Å². The molecule has 12 atom stereocenters. The molecule has 1 saturated carbocycles. The average Bonchev–Trinajstić information content (AvgIpc) is 1.66. The second kappa shape index (κ2) is 40.5. The first-order valence-electron chi connectivity index (χ1n) is 43.6. The van der Waals surface area contributed by atoms with Crippen LogP contribution in [-0.4, -0.2) is 226 Å². The van der Waals surface area contributed by atoms with Gasteiger partial charge < -0.3 is 60.9 Å². The van der Waals surface area contributed by atoms with E-state index in [-0.39, 0.29) is 64.4 Å². The zero-order valence-corrected chi connectivity index (χ0v) is 77.2. The van der Waals surface area contributed by atoms with Gasteiger partial charge >= 0.3 is 18.2 Å². The third kappa shape index (κ3) is 26.0. The Hall–Kier alpha value is -12.4. The lowest BCUT2D eigenvalue weighted by atomic mass is 9.85. The molecule has 11 rings (SSSR count). The molecule has 129 heavy (non-hydrogen) atoms. The Balaban J connectivity index is 0.833. The number of carboxylic acids is 1. The number of ether oxygens (including phenoxy) is 4. The predicted molar refractivity (Wildman–Crippen MR) is 481 cm³/mol. The van der Waals surface area contributed by atoms with E-state index in [0.29, 0.717) is 58.8 Å². The molecule has 2 aliphatic heterocycles. The Morgan fingerprint density at radius 1 is 0.504 bits per heavy atom. The van der Waals surface area contributed by atoms with Gasteiger partial charge in [-0.1, -0.05) is 161 Å². The van der Waals surface area contributed by atoms with E-state index in [1.165, 1.54) is 47.1 Å². The molecule has 3 aliphatic rings. The topological polar surface area (TPSA) is 440 Å². The van der Waals surface area contributed by atoms with E-state index in [1.54, 1.807) is 126 Å². The molecule has 3 fully saturated rings. The number of nitrogens with two attached hydrogens (primary N) is 1. The normalized spacial score (nSPS) is 18.0. The van der Waals surface area contributed by atoms with Crippen LogP contribution in [0.5, 0.6) is 11.5 Å². The number of likely N-dealkylation sites (N-methyl/N-ethyl adjacent to an activating group) is 2. The summed E-state index contributed by atoms with van der Waals surface area (Å²) in [4.78, 5) is 165. The number of carbonyl (C=O) groups is 11. The van der Waals surface area contributed by atoms with Crippen LogP contribution >= 0.6 is 0 Å². The minimum atomic E-state index is -4.19. The van der Waals surface area contributed by atoms with Crippen molar-refractivity contribution in [3.63, 3.8) is 0 Å². The van der Waals surface area contributed by atoms with Crippen molar-refractivity contribution in [2.45, 2.75) is 258 Å². The number of hydrogen-bond donors (Lipinski definition) is 7. The summed E-state index contributed by atoms with van der Waals surface area (Å²) in [7, 11) is -1.40. The number of rotatable bonds is 35. The van der Waals surface area contributed by atoms with Gasteiger partial charge in [0.15, 0.2) is 5.78 Å². The van der Waals surface area contributed by atoms with Crippen molar-refractivity contribution >= 4 is 96.9 Å². The highest BCUT2D eigenvalue weighted by atomic mass is 32.2. The minimum absolute atomic E-state index is 0.00401. The van der Waals surface area contributed by atoms with Gasteiger partial charge in [0, 0.05) is 64.8 Å². The molecule has 0 bridgehead atoms. The number of sulfonamides is 1. The Kier molecular flexibility index (Phi) is 30.5. The molecule has 692 valence electrons. The van der Waals surface area contributed by atoms with E-state index >= 15 is 19.2 Å². The van der Waals surface area contributed by atoms with Crippen LogP contribution in [0.1, 0.15) is 182 Å². The number of likely N-dealkylation sites (tertiary alicyclic amines) is 2. The summed E-state index contributed by atoms with van der Waals surface area (Å²) in [6, 6.07) is 28.3. The van der Waals surface area contributed by atoms with Crippen molar-refractivity contribution in [3.05, 3.63) is 179 Å². The molecule has 0 spiro atoms. The lowest BCUT2D eigenvalue weighted by Gasteiger charge is -2.37. The van der Waals surface area contributed by atoms with Gasteiger partial charge in [0.2, 0.25) is 51.4 Å². The number of benzene rings is 6. The number of Topliss-reactive ketones (excluding diaryl/α,β-unsaturated/α-hetero) is 1. The predicted octanol–water partition coefficient (Wildman–Crippen LogP) is 9.05. The van der Waals surface area contributed by atoms with Crippen molar-refractivity contribution in [3.8, 4) is 11.5 Å². The van der Waals surface area contributed by atoms with E-state index in [4.69, 9.17) is 24.7 Å². The molecule has 8 aromatic rings. The van der Waals surface area contributed by atoms with Crippen molar-refractivity contribution in [2.24, 2.45) is 22.5 Å². The Labute approximate surface area is 752 Å². The zero-order valence-electron chi connectivity index (χ0n) is 76.4. The fourth-order valence-corrected chi connectivity index (χ4v) is 16.9. The smallest absolute Gasteiger partial charge is 0.410 e. The van der Waals surface area contributed by atoms with Gasteiger partial charge in [-0.05, 0) is 173 Å². The van der Waals surface area contributed by atoms with Gasteiger partial charge in [-0.25, -0.2) is 32.2 Å². The van der Waals surface area contributed by atoms with Gasteiger partial charge in [-0.2, -0.15) is 0 Å². The number of hydrogen-bond acceptors (Lipinski definition) is 22. The molecule has 1 aliphatic carbocycles. The number of aromatic nitrogens is 6. The van der Waals surface area contributed by atoms with Gasteiger partial charge in [-0.3, -0.25) is 52.9 Å². The molecule has 2 saturated heterocycles. The van der Waals surface area contributed by atoms with Crippen LogP contribution in [0, 0.1) is 16.7 Å². The van der Waals surface area contributed by atoms with E-state index in [0.717, 1.165) is 36.9 Å². The number of carboxylic acid groups (broad SMARTS) is 1.